The van der Waals surface area contributed by atoms with Gasteiger partial charge in [-0.1, -0.05) is 31.2 Å². The largest absolute Gasteiger partial charge is 0.465 e. The molecule has 0 unspecified atom stereocenters. The highest BCUT2D eigenvalue weighted by Gasteiger charge is 2.14. The molecule has 0 fully saturated rings. The third-order valence-corrected chi connectivity index (χ3v) is 5.40. The number of anilines is 1. The number of hydrogen-bond donors (Lipinski definition) is 1. The third-order valence-electron chi connectivity index (χ3n) is 4.42. The van der Waals surface area contributed by atoms with Gasteiger partial charge >= 0.3 is 5.97 Å². The monoisotopic (exact) mass is 389 g/mol. The summed E-state index contributed by atoms with van der Waals surface area (Å²) in [5, 5.41) is 3.75. The number of carbonyl (C=O) groups excluding carboxylic acids is 2. The van der Waals surface area contributed by atoms with Crippen LogP contribution in [0.2, 0.25) is 0 Å². The van der Waals surface area contributed by atoms with Crippen LogP contribution in [0.1, 0.15) is 47.1 Å². The van der Waals surface area contributed by atoms with Crippen molar-refractivity contribution in [1.29, 1.82) is 0 Å². The molecule has 0 spiro atoms. The van der Waals surface area contributed by atoms with Gasteiger partial charge < -0.3 is 14.6 Å². The minimum Gasteiger partial charge on any atom is -0.465 e. The average molecular weight is 390 g/mol. The van der Waals surface area contributed by atoms with Crippen LogP contribution in [-0.4, -0.2) is 34.3 Å². The van der Waals surface area contributed by atoms with E-state index in [0.29, 0.717) is 11.3 Å². The van der Waals surface area contributed by atoms with E-state index in [1.54, 1.807) is 18.2 Å². The van der Waals surface area contributed by atoms with E-state index < -0.39 is 5.97 Å². The Bertz CT molecular complexity index is 830. The fourth-order valence-corrected chi connectivity index (χ4v) is 3.55. The van der Waals surface area contributed by atoms with E-state index in [9.17, 15) is 9.59 Å². The van der Waals surface area contributed by atoms with Crippen molar-refractivity contribution >= 4 is 29.3 Å². The first-order valence-electron chi connectivity index (χ1n) is 9.02. The van der Waals surface area contributed by atoms with Gasteiger partial charge in [-0.25, -0.2) is 9.78 Å². The van der Waals surface area contributed by atoms with E-state index in [1.165, 1.54) is 18.9 Å². The van der Waals surface area contributed by atoms with Crippen LogP contribution in [0, 0.1) is 20.8 Å². The number of amides is 1. The fraction of sp³-hybridized carbons (Fsp3) is 0.450. The number of rotatable bonds is 8. The Balaban J connectivity index is 2.05. The predicted octanol–water partition coefficient (Wildman–Crippen LogP) is 4.13. The molecule has 146 valence electrons. The predicted molar refractivity (Wildman–Crippen MR) is 108 cm³/mol. The van der Waals surface area contributed by atoms with Gasteiger partial charge in [0.05, 0.1) is 24.1 Å². The maximum absolute atomic E-state index is 12.4. The Morgan fingerprint density at radius 2 is 2.00 bits per heavy atom. The molecule has 2 rings (SSSR count). The summed E-state index contributed by atoms with van der Waals surface area (Å²) < 4.78 is 6.91. The molecule has 0 aliphatic heterocycles. The Morgan fingerprint density at radius 3 is 2.67 bits per heavy atom. The summed E-state index contributed by atoms with van der Waals surface area (Å²) in [7, 11) is 1.34. The maximum Gasteiger partial charge on any atom is 0.337 e. The van der Waals surface area contributed by atoms with E-state index in [0.717, 1.165) is 41.5 Å². The number of aromatic nitrogens is 2. The topological polar surface area (TPSA) is 73.2 Å². The van der Waals surface area contributed by atoms with E-state index >= 15 is 0 Å². The minimum atomic E-state index is -0.427. The quantitative estimate of drug-likeness (QED) is 0.543. The van der Waals surface area contributed by atoms with Crippen LogP contribution in [0.5, 0.6) is 0 Å². The summed E-state index contributed by atoms with van der Waals surface area (Å²) in [6, 6.07) is 5.11. The van der Waals surface area contributed by atoms with Crippen molar-refractivity contribution in [2.75, 3.05) is 18.2 Å². The summed E-state index contributed by atoms with van der Waals surface area (Å²) >= 11 is 1.43. The number of methoxy groups -OCH3 is 1. The average Bonchev–Trinajstić information content (AvgIpc) is 2.93. The molecule has 27 heavy (non-hydrogen) atoms. The Labute approximate surface area is 164 Å². The van der Waals surface area contributed by atoms with Crippen LogP contribution < -0.4 is 5.32 Å². The maximum atomic E-state index is 12.4. The zero-order chi connectivity index (χ0) is 20.0. The second kappa shape index (κ2) is 9.60. The number of hydrogen-bond acceptors (Lipinski definition) is 5. The minimum absolute atomic E-state index is 0.134. The first kappa shape index (κ1) is 21.0. The van der Waals surface area contributed by atoms with Crippen molar-refractivity contribution < 1.29 is 14.3 Å². The van der Waals surface area contributed by atoms with Gasteiger partial charge in [0.15, 0.2) is 5.16 Å². The first-order valence-corrected chi connectivity index (χ1v) is 10.0. The Morgan fingerprint density at radius 1 is 1.26 bits per heavy atom. The number of benzene rings is 1. The van der Waals surface area contributed by atoms with Crippen LogP contribution in [0.3, 0.4) is 0 Å². The standard InChI is InChI=1S/C20H27N3O3S/c1-6-7-10-23-15(4)14(3)21-20(23)27-12-18(24)22-17-11-16(19(25)26-5)9-8-13(17)2/h8-9,11H,6-7,10,12H2,1-5H3,(H,22,24). The van der Waals surface area contributed by atoms with Gasteiger partial charge in [-0.3, -0.25) is 4.79 Å². The third kappa shape index (κ3) is 5.35. The van der Waals surface area contributed by atoms with Gasteiger partial charge in [-0.2, -0.15) is 0 Å². The van der Waals surface area contributed by atoms with Crippen LogP contribution in [0.4, 0.5) is 5.69 Å². The Kier molecular flexibility index (Phi) is 7.47. The molecule has 0 saturated heterocycles. The lowest BCUT2D eigenvalue weighted by Gasteiger charge is -2.11. The lowest BCUT2D eigenvalue weighted by molar-refractivity contribution is -0.113. The molecule has 0 aliphatic carbocycles. The molecule has 0 aliphatic rings. The zero-order valence-electron chi connectivity index (χ0n) is 16.6. The number of esters is 1. The highest BCUT2D eigenvalue weighted by Crippen LogP contribution is 2.23. The normalized spacial score (nSPS) is 10.7. The smallest absolute Gasteiger partial charge is 0.337 e. The van der Waals surface area contributed by atoms with Crippen molar-refractivity contribution in [3.63, 3.8) is 0 Å². The molecule has 7 heteroatoms. The van der Waals surface area contributed by atoms with E-state index in [2.05, 4.69) is 28.7 Å². The first-order chi connectivity index (χ1) is 12.9. The van der Waals surface area contributed by atoms with Gasteiger partial charge in [0.2, 0.25) is 5.91 Å². The number of imidazole rings is 1. The van der Waals surface area contributed by atoms with Crippen LogP contribution in [-0.2, 0) is 16.1 Å². The molecule has 1 aromatic carbocycles. The summed E-state index contributed by atoms with van der Waals surface area (Å²) in [6.07, 6.45) is 2.19. The Hall–Kier alpha value is -2.28. The van der Waals surface area contributed by atoms with E-state index in [1.807, 2.05) is 13.8 Å². The van der Waals surface area contributed by atoms with Gasteiger partial charge in [-0.15, -0.1) is 0 Å². The SMILES string of the molecule is CCCCn1c(SCC(=O)Nc2cc(C(=O)OC)ccc2C)nc(C)c1C. The van der Waals surface area contributed by atoms with Crippen molar-refractivity contribution in [2.24, 2.45) is 0 Å². The molecule has 1 heterocycles. The van der Waals surface area contributed by atoms with E-state index in [-0.39, 0.29) is 11.7 Å². The second-order valence-electron chi connectivity index (χ2n) is 6.43. The van der Waals surface area contributed by atoms with Crippen molar-refractivity contribution in [1.82, 2.24) is 9.55 Å². The molecular formula is C20H27N3O3S. The lowest BCUT2D eigenvalue weighted by Crippen LogP contribution is -2.16. The highest BCUT2D eigenvalue weighted by atomic mass is 32.2. The number of carbonyl (C=O) groups is 2. The summed E-state index contributed by atoms with van der Waals surface area (Å²) in [4.78, 5) is 28.7. The van der Waals surface area contributed by atoms with Crippen molar-refractivity contribution in [2.45, 2.75) is 52.2 Å². The van der Waals surface area contributed by atoms with Crippen molar-refractivity contribution in [3.05, 3.63) is 40.7 Å². The van der Waals surface area contributed by atoms with Crippen LogP contribution >= 0.6 is 11.8 Å². The molecule has 0 radical (unpaired) electrons. The second-order valence-corrected chi connectivity index (χ2v) is 7.37. The van der Waals surface area contributed by atoms with Gasteiger partial charge in [-0.05, 0) is 44.9 Å². The molecule has 6 nitrogen and oxygen atoms in total. The van der Waals surface area contributed by atoms with Crippen LogP contribution in [0.15, 0.2) is 23.4 Å². The number of nitrogens with one attached hydrogen (secondary N) is 1. The fourth-order valence-electron chi connectivity index (χ4n) is 2.63. The van der Waals surface area contributed by atoms with Gasteiger partial charge in [0.1, 0.15) is 0 Å². The molecule has 1 N–H and O–H groups in total. The van der Waals surface area contributed by atoms with Crippen LogP contribution in [0.25, 0.3) is 0 Å². The highest BCUT2D eigenvalue weighted by molar-refractivity contribution is 7.99. The number of thioether (sulfide) groups is 1. The molecule has 1 amide bonds. The van der Waals surface area contributed by atoms with Gasteiger partial charge in [0, 0.05) is 17.9 Å². The van der Waals surface area contributed by atoms with Gasteiger partial charge in [0.25, 0.3) is 0 Å². The summed E-state index contributed by atoms with van der Waals surface area (Å²) in [5.41, 5.74) is 4.05. The molecular weight excluding hydrogens is 362 g/mol. The summed E-state index contributed by atoms with van der Waals surface area (Å²) in [6.45, 7) is 9.00. The zero-order valence-corrected chi connectivity index (χ0v) is 17.4. The molecule has 0 bridgehead atoms. The molecule has 0 saturated carbocycles. The molecule has 2 aromatic rings. The summed E-state index contributed by atoms with van der Waals surface area (Å²) in [5.74, 6) is -0.307. The molecule has 1 aromatic heterocycles. The number of aryl methyl sites for hydroxylation is 2. The number of unbranched alkanes of at least 4 members (excludes halogenated alkanes) is 1. The van der Waals surface area contributed by atoms with Crippen molar-refractivity contribution in [3.8, 4) is 0 Å². The lowest BCUT2D eigenvalue weighted by atomic mass is 10.1. The number of ether oxygens (including phenoxy) is 1. The number of nitrogens with zero attached hydrogens (tertiary/aromatic N) is 2. The van der Waals surface area contributed by atoms with E-state index in [4.69, 9.17) is 4.74 Å². The molecule has 0 atom stereocenters.